The third-order valence-electron chi connectivity index (χ3n) is 3.68. The number of alkyl halides is 1. The molecule has 0 saturated heterocycles. The van der Waals surface area contributed by atoms with Crippen LogP contribution in [0.3, 0.4) is 0 Å². The summed E-state index contributed by atoms with van der Waals surface area (Å²) in [6, 6.07) is 0. The Morgan fingerprint density at radius 2 is 2.11 bits per heavy atom. The van der Waals surface area contributed by atoms with Crippen molar-refractivity contribution in [3.8, 4) is 0 Å². The molecule has 100 valence electrons. The van der Waals surface area contributed by atoms with Crippen LogP contribution >= 0.6 is 15.9 Å². The van der Waals surface area contributed by atoms with Gasteiger partial charge in [-0.05, 0) is 25.2 Å². The molecular formula is C13H19BrN2O2. The molecule has 0 unspecified atom stereocenters. The van der Waals surface area contributed by atoms with Crippen molar-refractivity contribution in [1.29, 1.82) is 0 Å². The minimum Gasteiger partial charge on any atom is -0.436 e. The van der Waals surface area contributed by atoms with Gasteiger partial charge in [-0.1, -0.05) is 28.8 Å². The van der Waals surface area contributed by atoms with Crippen LogP contribution in [-0.4, -0.2) is 22.8 Å². The number of hydrogen-bond donors (Lipinski definition) is 1. The summed E-state index contributed by atoms with van der Waals surface area (Å²) in [5.74, 6) is 0.726. The van der Waals surface area contributed by atoms with E-state index in [0.29, 0.717) is 23.9 Å². The van der Waals surface area contributed by atoms with Gasteiger partial charge < -0.3 is 9.73 Å². The van der Waals surface area contributed by atoms with E-state index in [-0.39, 0.29) is 11.3 Å². The van der Waals surface area contributed by atoms with Crippen molar-refractivity contribution in [3.05, 3.63) is 17.3 Å². The van der Waals surface area contributed by atoms with Gasteiger partial charge in [-0.15, -0.1) is 0 Å². The maximum Gasteiger partial charge on any atom is 0.289 e. The summed E-state index contributed by atoms with van der Waals surface area (Å²) in [7, 11) is 0. The molecular weight excluding hydrogens is 296 g/mol. The second-order valence-electron chi connectivity index (χ2n) is 5.17. The van der Waals surface area contributed by atoms with Crippen LogP contribution in [0.4, 0.5) is 0 Å². The largest absolute Gasteiger partial charge is 0.436 e. The van der Waals surface area contributed by atoms with E-state index in [2.05, 4.69) is 26.2 Å². The Balaban J connectivity index is 1.98. The van der Waals surface area contributed by atoms with Gasteiger partial charge in [0.1, 0.15) is 0 Å². The number of aromatic nitrogens is 1. The molecule has 4 nitrogen and oxygen atoms in total. The minimum absolute atomic E-state index is 0.152. The lowest BCUT2D eigenvalue weighted by atomic mass is 9.89. The van der Waals surface area contributed by atoms with Gasteiger partial charge in [0.25, 0.3) is 5.91 Å². The van der Waals surface area contributed by atoms with Gasteiger partial charge in [0.15, 0.2) is 5.89 Å². The first-order valence-corrected chi connectivity index (χ1v) is 7.47. The predicted molar refractivity (Wildman–Crippen MR) is 73.0 cm³/mol. The maximum absolute atomic E-state index is 12.0. The second kappa shape index (κ2) is 5.43. The first kappa shape index (κ1) is 13.6. The Morgan fingerprint density at radius 1 is 1.44 bits per heavy atom. The zero-order valence-corrected chi connectivity index (χ0v) is 12.5. The minimum atomic E-state index is -0.152. The molecule has 2 rings (SSSR count). The molecule has 0 atom stereocenters. The van der Waals surface area contributed by atoms with Crippen LogP contribution in [0.25, 0.3) is 0 Å². The number of aryl methyl sites for hydroxylation is 2. The van der Waals surface area contributed by atoms with Crippen molar-refractivity contribution in [3.63, 3.8) is 0 Å². The number of carbonyl (C=O) groups excluding carboxylic acids is 1. The molecule has 0 radical (unpaired) electrons. The molecule has 0 bridgehead atoms. The highest BCUT2D eigenvalue weighted by atomic mass is 79.9. The second-order valence-corrected chi connectivity index (χ2v) is 5.73. The summed E-state index contributed by atoms with van der Waals surface area (Å²) < 4.78 is 5.32. The summed E-state index contributed by atoms with van der Waals surface area (Å²) in [5.41, 5.74) is 0.878. The smallest absolute Gasteiger partial charge is 0.289 e. The van der Waals surface area contributed by atoms with Gasteiger partial charge >= 0.3 is 0 Å². The summed E-state index contributed by atoms with van der Waals surface area (Å²) in [6.45, 7) is 4.25. The van der Waals surface area contributed by atoms with Crippen molar-refractivity contribution in [2.75, 3.05) is 11.9 Å². The molecule has 0 aliphatic heterocycles. The van der Waals surface area contributed by atoms with Crippen molar-refractivity contribution in [1.82, 2.24) is 10.3 Å². The number of rotatable bonds is 4. The van der Waals surface area contributed by atoms with Gasteiger partial charge in [-0.25, -0.2) is 4.98 Å². The summed E-state index contributed by atoms with van der Waals surface area (Å²) in [6.07, 6.45) is 4.85. The van der Waals surface area contributed by atoms with Gasteiger partial charge in [0.2, 0.25) is 5.76 Å². The summed E-state index contributed by atoms with van der Waals surface area (Å²) >= 11 is 3.57. The van der Waals surface area contributed by atoms with E-state index in [9.17, 15) is 4.79 Å². The molecule has 1 aliphatic rings. The normalized spacial score (nSPS) is 17.9. The van der Waals surface area contributed by atoms with Crippen molar-refractivity contribution in [2.24, 2.45) is 5.41 Å². The van der Waals surface area contributed by atoms with Crippen LogP contribution in [-0.2, 0) is 0 Å². The Morgan fingerprint density at radius 3 is 2.61 bits per heavy atom. The topological polar surface area (TPSA) is 55.1 Å². The van der Waals surface area contributed by atoms with E-state index >= 15 is 0 Å². The monoisotopic (exact) mass is 314 g/mol. The fourth-order valence-corrected chi connectivity index (χ4v) is 3.33. The molecule has 18 heavy (non-hydrogen) atoms. The molecule has 1 N–H and O–H groups in total. The first-order valence-electron chi connectivity index (χ1n) is 6.34. The fourth-order valence-electron chi connectivity index (χ4n) is 2.57. The van der Waals surface area contributed by atoms with E-state index in [1.165, 1.54) is 25.7 Å². The Hall–Kier alpha value is -0.840. The molecule has 1 aromatic heterocycles. The number of halogens is 1. The molecule has 0 spiro atoms. The average molecular weight is 315 g/mol. The van der Waals surface area contributed by atoms with Crippen molar-refractivity contribution >= 4 is 21.8 Å². The number of oxazole rings is 1. The van der Waals surface area contributed by atoms with Gasteiger partial charge in [0, 0.05) is 18.8 Å². The zero-order valence-electron chi connectivity index (χ0n) is 10.9. The standard InChI is InChI=1S/C13H19BrN2O2/c1-9-11(18-10(2)16-9)12(17)15-8-13(7-14)5-3-4-6-13/h3-8H2,1-2H3,(H,15,17). The molecule has 5 heteroatoms. The number of hydrogen-bond acceptors (Lipinski definition) is 3. The number of nitrogens with one attached hydrogen (secondary N) is 1. The van der Waals surface area contributed by atoms with Gasteiger partial charge in [-0.3, -0.25) is 4.79 Å². The molecule has 1 saturated carbocycles. The highest BCUT2D eigenvalue weighted by Crippen LogP contribution is 2.39. The highest BCUT2D eigenvalue weighted by molar-refractivity contribution is 9.09. The molecule has 1 amide bonds. The van der Waals surface area contributed by atoms with Crippen molar-refractivity contribution in [2.45, 2.75) is 39.5 Å². The quantitative estimate of drug-likeness (QED) is 0.869. The third-order valence-corrected chi connectivity index (χ3v) is 4.87. The third kappa shape index (κ3) is 2.76. The van der Waals surface area contributed by atoms with Crippen LogP contribution in [0.2, 0.25) is 0 Å². The van der Waals surface area contributed by atoms with Crippen LogP contribution in [0.15, 0.2) is 4.42 Å². The fraction of sp³-hybridized carbons (Fsp3) is 0.692. The van der Waals surface area contributed by atoms with Gasteiger partial charge in [-0.2, -0.15) is 0 Å². The summed E-state index contributed by atoms with van der Waals surface area (Å²) in [5, 5.41) is 3.92. The lowest BCUT2D eigenvalue weighted by Crippen LogP contribution is -2.37. The molecule has 1 heterocycles. The average Bonchev–Trinajstić information content (AvgIpc) is 2.94. The van der Waals surface area contributed by atoms with E-state index in [1.54, 1.807) is 13.8 Å². The van der Waals surface area contributed by atoms with Crippen molar-refractivity contribution < 1.29 is 9.21 Å². The molecule has 1 aromatic rings. The first-order chi connectivity index (χ1) is 8.56. The van der Waals surface area contributed by atoms with Crippen LogP contribution < -0.4 is 5.32 Å². The lowest BCUT2D eigenvalue weighted by Gasteiger charge is -2.26. The van der Waals surface area contributed by atoms with E-state index in [0.717, 1.165) is 5.33 Å². The predicted octanol–water partition coefficient (Wildman–Crippen LogP) is 2.98. The number of carbonyl (C=O) groups is 1. The maximum atomic E-state index is 12.0. The Labute approximate surface area is 116 Å². The Kier molecular flexibility index (Phi) is 4.10. The van der Waals surface area contributed by atoms with Crippen LogP contribution in [0.5, 0.6) is 0 Å². The number of amides is 1. The van der Waals surface area contributed by atoms with E-state index in [4.69, 9.17) is 4.42 Å². The van der Waals surface area contributed by atoms with E-state index < -0.39 is 0 Å². The molecule has 0 aromatic carbocycles. The van der Waals surface area contributed by atoms with Crippen LogP contribution in [0.1, 0.15) is 47.8 Å². The zero-order chi connectivity index (χ0) is 13.2. The van der Waals surface area contributed by atoms with Gasteiger partial charge in [0.05, 0.1) is 5.69 Å². The summed E-state index contributed by atoms with van der Waals surface area (Å²) in [4.78, 5) is 16.1. The van der Waals surface area contributed by atoms with E-state index in [1.807, 2.05) is 0 Å². The molecule has 1 fully saturated rings. The lowest BCUT2D eigenvalue weighted by molar-refractivity contribution is 0.0905. The Bertz CT molecular complexity index is 436. The number of nitrogens with zero attached hydrogens (tertiary/aromatic N) is 1. The SMILES string of the molecule is Cc1nc(C)c(C(=O)NCC2(CBr)CCCC2)o1. The highest BCUT2D eigenvalue weighted by Gasteiger charge is 2.33. The van der Waals surface area contributed by atoms with Crippen LogP contribution in [0, 0.1) is 19.3 Å². The molecule has 1 aliphatic carbocycles.